The summed E-state index contributed by atoms with van der Waals surface area (Å²) in [6.45, 7) is 8.85. The molecule has 3 aromatic rings. The molecule has 3 heterocycles. The molecule has 0 aromatic heterocycles. The van der Waals surface area contributed by atoms with E-state index < -0.39 is 0 Å². The molecule has 0 bridgehead atoms. The fraction of sp³-hybridized carbons (Fsp3) is 0.488. The van der Waals surface area contributed by atoms with Gasteiger partial charge in [-0.05, 0) is 99.9 Å². The predicted molar refractivity (Wildman–Crippen MR) is 214 cm³/mol. The predicted octanol–water partition coefficient (Wildman–Crippen LogP) is 7.13. The third kappa shape index (κ3) is 7.83. The smallest absolute Gasteiger partial charge is 0.317 e. The molecule has 0 spiro atoms. The topological polar surface area (TPSA) is 126 Å². The largest absolute Gasteiger partial charge is 0.378 e. The monoisotopic (exact) mass is 733 g/mol. The molecule has 4 atom stereocenters. The summed E-state index contributed by atoms with van der Waals surface area (Å²) in [4.78, 5) is 57.2. The lowest BCUT2D eigenvalue weighted by Crippen LogP contribution is -2.59. The van der Waals surface area contributed by atoms with Crippen LogP contribution < -0.4 is 31.1 Å². The molecule has 2 fully saturated rings. The van der Waals surface area contributed by atoms with Gasteiger partial charge in [-0.3, -0.25) is 14.4 Å². The van der Waals surface area contributed by atoms with E-state index in [1.807, 2.05) is 72.2 Å². The molecule has 7 rings (SSSR count). The van der Waals surface area contributed by atoms with E-state index in [4.69, 9.17) is 0 Å². The minimum Gasteiger partial charge on any atom is -0.378 e. The summed E-state index contributed by atoms with van der Waals surface area (Å²) in [5, 5.41) is 13.8. The van der Waals surface area contributed by atoms with Gasteiger partial charge in [0.15, 0.2) is 0 Å². The summed E-state index contributed by atoms with van der Waals surface area (Å²) in [7, 11) is 0. The molecule has 1 saturated heterocycles. The Bertz CT molecular complexity index is 1840. The van der Waals surface area contributed by atoms with Crippen LogP contribution in [0, 0.1) is 5.92 Å². The lowest BCUT2D eigenvalue weighted by molar-refractivity contribution is -0.123. The van der Waals surface area contributed by atoms with Crippen molar-refractivity contribution in [3.05, 3.63) is 83.9 Å². The number of hydrogen-bond acceptors (Lipinski definition) is 6. The third-order valence-electron chi connectivity index (χ3n) is 11.8. The second-order valence-electron chi connectivity index (χ2n) is 15.6. The van der Waals surface area contributed by atoms with Crippen LogP contribution >= 0.6 is 0 Å². The zero-order valence-electron chi connectivity index (χ0n) is 32.0. The van der Waals surface area contributed by atoms with Crippen molar-refractivity contribution in [2.45, 2.75) is 115 Å². The highest BCUT2D eigenvalue weighted by molar-refractivity contribution is 5.96. The lowest BCUT2D eigenvalue weighted by atomic mass is 9.87. The normalized spacial score (nSPS) is 25.1. The molecule has 3 aromatic carbocycles. The summed E-state index contributed by atoms with van der Waals surface area (Å²) >= 11 is 0. The van der Waals surface area contributed by atoms with Crippen LogP contribution in [0.3, 0.4) is 0 Å². The Balaban J connectivity index is 0.840. The summed E-state index contributed by atoms with van der Waals surface area (Å²) in [6.07, 6.45) is 6.39. The number of rotatable bonds is 9. The lowest BCUT2D eigenvalue weighted by Gasteiger charge is -2.42. The minimum atomic E-state index is -0.244. The molecule has 4 aliphatic rings. The number of nitrogens with zero attached hydrogens (tertiary/aromatic N) is 3. The Morgan fingerprint density at radius 1 is 0.648 bits per heavy atom. The van der Waals surface area contributed by atoms with Crippen LogP contribution in [-0.2, 0) is 14.4 Å². The molecule has 0 radical (unpaired) electrons. The van der Waals surface area contributed by atoms with E-state index in [2.05, 4.69) is 59.4 Å². The maximum absolute atomic E-state index is 13.1. The van der Waals surface area contributed by atoms with Crippen molar-refractivity contribution >= 4 is 46.5 Å². The van der Waals surface area contributed by atoms with E-state index in [1.165, 1.54) is 5.56 Å². The zero-order chi connectivity index (χ0) is 37.9. The molecule has 11 nitrogen and oxygen atoms in total. The Hall–Kier alpha value is -4.90. The van der Waals surface area contributed by atoms with Crippen LogP contribution in [0.25, 0.3) is 0 Å². The average molecular weight is 734 g/mol. The highest BCUT2D eigenvalue weighted by Gasteiger charge is 2.38. The van der Waals surface area contributed by atoms with Crippen LogP contribution in [0.5, 0.6) is 0 Å². The first-order valence-corrected chi connectivity index (χ1v) is 19.9. The average Bonchev–Trinajstić information content (AvgIpc) is 3.15. The Labute approximate surface area is 319 Å². The molecule has 0 unspecified atom stereocenters. The number of amides is 5. The van der Waals surface area contributed by atoms with Gasteiger partial charge in [0.1, 0.15) is 0 Å². The van der Waals surface area contributed by atoms with Gasteiger partial charge < -0.3 is 36.0 Å². The van der Waals surface area contributed by atoms with Gasteiger partial charge in [-0.2, -0.15) is 0 Å². The SMILES string of the molecule is CCC(=O)N1c2ccccc2[C@H](Nc2ccc(NC(=O)C3CN(C(=O)NC4CCC(N[C@@H]5C[C@H](C)N(C(=O)CC)c6ccccc65)CC4)C3)cc2)C[C@@H]1C. The summed E-state index contributed by atoms with van der Waals surface area (Å²) < 4.78 is 0. The van der Waals surface area contributed by atoms with Gasteiger partial charge >= 0.3 is 6.03 Å². The Morgan fingerprint density at radius 2 is 1.15 bits per heavy atom. The first-order valence-electron chi connectivity index (χ1n) is 19.9. The minimum absolute atomic E-state index is 0.0612. The summed E-state index contributed by atoms with van der Waals surface area (Å²) in [6, 6.07) is 24.9. The molecule has 4 N–H and O–H groups in total. The molecule has 11 heteroatoms. The van der Waals surface area contributed by atoms with Gasteiger partial charge in [0.25, 0.3) is 0 Å². The van der Waals surface area contributed by atoms with Crippen molar-refractivity contribution in [1.82, 2.24) is 15.5 Å². The number of nitrogens with one attached hydrogen (secondary N) is 4. The van der Waals surface area contributed by atoms with Crippen molar-refractivity contribution in [2.75, 3.05) is 33.5 Å². The number of carbonyl (C=O) groups excluding carboxylic acids is 4. The molecular weight excluding hydrogens is 679 g/mol. The first kappa shape index (κ1) is 37.4. The number of fused-ring (bicyclic) bond motifs is 2. The van der Waals surface area contributed by atoms with Crippen LogP contribution in [0.15, 0.2) is 72.8 Å². The van der Waals surface area contributed by atoms with Gasteiger partial charge in [-0.1, -0.05) is 50.2 Å². The van der Waals surface area contributed by atoms with E-state index in [0.29, 0.717) is 37.7 Å². The fourth-order valence-corrected chi connectivity index (χ4v) is 8.88. The number of carbonyl (C=O) groups is 4. The van der Waals surface area contributed by atoms with Gasteiger partial charge in [0.05, 0.1) is 12.0 Å². The van der Waals surface area contributed by atoms with Crippen molar-refractivity contribution in [1.29, 1.82) is 0 Å². The second kappa shape index (κ2) is 16.2. The van der Waals surface area contributed by atoms with Crippen LogP contribution in [-0.4, -0.2) is 65.9 Å². The maximum Gasteiger partial charge on any atom is 0.317 e. The number of urea groups is 1. The fourth-order valence-electron chi connectivity index (χ4n) is 8.88. The molecule has 1 saturated carbocycles. The van der Waals surface area contributed by atoms with Crippen LogP contribution in [0.4, 0.5) is 27.5 Å². The highest BCUT2D eigenvalue weighted by Crippen LogP contribution is 2.40. The molecule has 54 heavy (non-hydrogen) atoms. The number of anilines is 4. The molecule has 5 amide bonds. The molecule has 1 aliphatic carbocycles. The Kier molecular flexibility index (Phi) is 11.2. The van der Waals surface area contributed by atoms with Gasteiger partial charge in [-0.15, -0.1) is 0 Å². The first-order chi connectivity index (χ1) is 26.1. The molecule has 286 valence electrons. The van der Waals surface area contributed by atoms with Gasteiger partial charge in [-0.25, -0.2) is 4.79 Å². The van der Waals surface area contributed by atoms with E-state index >= 15 is 0 Å². The number of likely N-dealkylation sites (tertiary alicyclic amines) is 1. The third-order valence-corrected chi connectivity index (χ3v) is 11.8. The van der Waals surface area contributed by atoms with E-state index in [0.717, 1.165) is 61.2 Å². The zero-order valence-corrected chi connectivity index (χ0v) is 32.0. The van der Waals surface area contributed by atoms with E-state index in [-0.39, 0.29) is 59.9 Å². The van der Waals surface area contributed by atoms with E-state index in [1.54, 1.807) is 4.90 Å². The van der Waals surface area contributed by atoms with Crippen molar-refractivity contribution in [3.8, 4) is 0 Å². The van der Waals surface area contributed by atoms with Crippen LogP contribution in [0.1, 0.15) is 102 Å². The Morgan fingerprint density at radius 3 is 1.72 bits per heavy atom. The van der Waals surface area contributed by atoms with Gasteiger partial charge in [0.2, 0.25) is 17.7 Å². The van der Waals surface area contributed by atoms with E-state index in [9.17, 15) is 19.2 Å². The number of benzene rings is 3. The standard InChI is InChI=1S/C43H55N7O4/c1-5-40(51)49-27(3)23-36(34-11-7-9-13-38(34)49)44-30-15-19-32(20-16-30)46-42(53)29-25-48(26-29)43(54)47-33-21-17-31(18-22-33)45-37-24-28(4)50(41(52)6-2)39-14-10-8-12-35(37)39/h7-16,19-20,27-29,31,33,36-37,44-45H,5-6,17-18,21-26H2,1-4H3,(H,46,53)(H,47,54)/t27-,28-,31?,33?,36+,37+/m0/s1. The number of para-hydroxylation sites is 2. The van der Waals surface area contributed by atoms with Gasteiger partial charge in [0, 0.05) is 78.9 Å². The van der Waals surface area contributed by atoms with Crippen molar-refractivity contribution in [2.24, 2.45) is 5.92 Å². The quantitative estimate of drug-likeness (QED) is 0.186. The molecule has 3 aliphatic heterocycles. The number of hydrogen-bond donors (Lipinski definition) is 4. The van der Waals surface area contributed by atoms with Crippen molar-refractivity contribution in [3.63, 3.8) is 0 Å². The molecular formula is C43H55N7O4. The maximum atomic E-state index is 13.1. The summed E-state index contributed by atoms with van der Waals surface area (Å²) in [5.74, 6) is -0.0308. The highest BCUT2D eigenvalue weighted by atomic mass is 16.2. The second-order valence-corrected chi connectivity index (χ2v) is 15.6. The summed E-state index contributed by atoms with van der Waals surface area (Å²) in [5.41, 5.74) is 5.93. The van der Waals surface area contributed by atoms with Crippen molar-refractivity contribution < 1.29 is 19.2 Å². The van der Waals surface area contributed by atoms with Crippen LogP contribution in [0.2, 0.25) is 0 Å².